The number of rotatable bonds is 13. The SMILES string of the molecule is CCCCNC(=O)[C@@H](Cc1ccccc1)N(Cc1ccc(Cl)c(Cl)c1)C(=O)CN(c1cccc(Br)c1)S(C)(=O)=O. The molecule has 214 valence electrons. The van der Waals surface area contributed by atoms with Gasteiger partial charge in [-0.2, -0.15) is 0 Å². The van der Waals surface area contributed by atoms with Crippen LogP contribution in [0.1, 0.15) is 30.9 Å². The second kappa shape index (κ2) is 14.9. The maximum atomic E-state index is 14.0. The number of nitrogens with zero attached hydrogens (tertiary/aromatic N) is 2. The third-order valence-electron chi connectivity index (χ3n) is 6.21. The zero-order valence-corrected chi connectivity index (χ0v) is 26.2. The smallest absolute Gasteiger partial charge is 0.244 e. The molecule has 2 amide bonds. The zero-order chi connectivity index (χ0) is 29.3. The van der Waals surface area contributed by atoms with Crippen molar-refractivity contribution in [1.29, 1.82) is 0 Å². The molecule has 0 saturated carbocycles. The van der Waals surface area contributed by atoms with E-state index >= 15 is 0 Å². The Kier molecular flexibility index (Phi) is 11.9. The van der Waals surface area contributed by atoms with Crippen LogP contribution >= 0.6 is 39.1 Å². The molecule has 0 bridgehead atoms. The van der Waals surface area contributed by atoms with Crippen LogP contribution in [0.2, 0.25) is 10.0 Å². The predicted molar refractivity (Wildman–Crippen MR) is 165 cm³/mol. The molecule has 0 aliphatic rings. The number of hydrogen-bond donors (Lipinski definition) is 1. The third kappa shape index (κ3) is 9.23. The summed E-state index contributed by atoms with van der Waals surface area (Å²) in [7, 11) is -3.85. The van der Waals surface area contributed by atoms with E-state index in [1.54, 1.807) is 42.5 Å². The van der Waals surface area contributed by atoms with E-state index in [4.69, 9.17) is 23.2 Å². The molecule has 0 spiro atoms. The van der Waals surface area contributed by atoms with Crippen molar-refractivity contribution in [3.05, 3.63) is 98.4 Å². The molecule has 3 aromatic rings. The van der Waals surface area contributed by atoms with Gasteiger partial charge in [0.2, 0.25) is 21.8 Å². The highest BCUT2D eigenvalue weighted by molar-refractivity contribution is 9.10. The lowest BCUT2D eigenvalue weighted by Crippen LogP contribution is -2.53. The standard InChI is InChI=1S/C29H32BrCl2N3O4S/c1-3-4-15-33-29(37)27(17-21-9-6-5-7-10-21)34(19-22-13-14-25(31)26(32)16-22)28(36)20-35(40(2,38)39)24-12-8-11-23(30)18-24/h5-14,16,18,27H,3-4,15,17,19-20H2,1-2H3,(H,33,37)/t27-/m1/s1. The van der Waals surface area contributed by atoms with Gasteiger partial charge < -0.3 is 10.2 Å². The summed E-state index contributed by atoms with van der Waals surface area (Å²) in [6.45, 7) is 2.01. The lowest BCUT2D eigenvalue weighted by Gasteiger charge is -2.33. The first-order valence-electron chi connectivity index (χ1n) is 12.8. The Morgan fingerprint density at radius 1 is 0.950 bits per heavy atom. The van der Waals surface area contributed by atoms with Gasteiger partial charge in [0.25, 0.3) is 0 Å². The van der Waals surface area contributed by atoms with E-state index in [-0.39, 0.29) is 18.9 Å². The molecule has 1 atom stereocenters. The van der Waals surface area contributed by atoms with E-state index in [2.05, 4.69) is 21.2 Å². The van der Waals surface area contributed by atoms with E-state index in [0.29, 0.717) is 32.3 Å². The Labute approximate surface area is 254 Å². The summed E-state index contributed by atoms with van der Waals surface area (Å²) >= 11 is 15.7. The van der Waals surface area contributed by atoms with Crippen LogP contribution in [0.4, 0.5) is 5.69 Å². The Hall–Kier alpha value is -2.59. The van der Waals surface area contributed by atoms with Gasteiger partial charge in [-0.1, -0.05) is 94.9 Å². The van der Waals surface area contributed by atoms with Crippen LogP contribution in [0, 0.1) is 0 Å². The molecule has 0 aliphatic carbocycles. The average molecular weight is 669 g/mol. The van der Waals surface area contributed by atoms with Crippen molar-refractivity contribution in [3.63, 3.8) is 0 Å². The van der Waals surface area contributed by atoms with Crippen LogP contribution in [0.25, 0.3) is 0 Å². The van der Waals surface area contributed by atoms with Gasteiger partial charge in [0.05, 0.1) is 22.0 Å². The molecule has 0 saturated heterocycles. The summed E-state index contributed by atoms with van der Waals surface area (Å²) in [4.78, 5) is 29.1. The highest BCUT2D eigenvalue weighted by atomic mass is 79.9. The van der Waals surface area contributed by atoms with Crippen molar-refractivity contribution in [2.24, 2.45) is 0 Å². The minimum Gasteiger partial charge on any atom is -0.354 e. The number of amides is 2. The lowest BCUT2D eigenvalue weighted by molar-refractivity contribution is -0.140. The van der Waals surface area contributed by atoms with Crippen molar-refractivity contribution < 1.29 is 18.0 Å². The van der Waals surface area contributed by atoms with Crippen LogP contribution in [-0.2, 0) is 32.6 Å². The molecular weight excluding hydrogens is 637 g/mol. The number of sulfonamides is 1. The molecular formula is C29H32BrCl2N3O4S. The van der Waals surface area contributed by atoms with Gasteiger partial charge >= 0.3 is 0 Å². The Balaban J connectivity index is 2.05. The molecule has 3 rings (SSSR count). The van der Waals surface area contributed by atoms with E-state index in [1.165, 1.54) is 4.90 Å². The molecule has 3 aromatic carbocycles. The molecule has 11 heteroatoms. The van der Waals surface area contributed by atoms with Gasteiger partial charge in [-0.15, -0.1) is 0 Å². The third-order valence-corrected chi connectivity index (χ3v) is 8.59. The monoisotopic (exact) mass is 667 g/mol. The largest absolute Gasteiger partial charge is 0.354 e. The fourth-order valence-electron chi connectivity index (χ4n) is 4.14. The predicted octanol–water partition coefficient (Wildman–Crippen LogP) is 6.08. The number of halogens is 3. The van der Waals surface area contributed by atoms with Crippen molar-refractivity contribution in [3.8, 4) is 0 Å². The van der Waals surface area contributed by atoms with Gasteiger partial charge in [0.1, 0.15) is 12.6 Å². The van der Waals surface area contributed by atoms with E-state index in [1.807, 2.05) is 37.3 Å². The summed E-state index contributed by atoms with van der Waals surface area (Å²) in [5.74, 6) is -0.859. The molecule has 7 nitrogen and oxygen atoms in total. The van der Waals surface area contributed by atoms with Crippen LogP contribution in [-0.4, -0.2) is 50.5 Å². The molecule has 40 heavy (non-hydrogen) atoms. The number of unbranched alkanes of at least 4 members (excludes halogenated alkanes) is 1. The Morgan fingerprint density at radius 2 is 1.68 bits per heavy atom. The van der Waals surface area contributed by atoms with Crippen molar-refractivity contribution in [2.75, 3.05) is 23.7 Å². The van der Waals surface area contributed by atoms with Gasteiger partial charge in [-0.3, -0.25) is 13.9 Å². The molecule has 0 aliphatic heterocycles. The zero-order valence-electron chi connectivity index (χ0n) is 22.3. The van der Waals surface area contributed by atoms with Crippen LogP contribution in [0.15, 0.2) is 77.3 Å². The van der Waals surface area contributed by atoms with Gasteiger partial charge in [0, 0.05) is 24.0 Å². The number of carbonyl (C=O) groups is 2. The summed E-state index contributed by atoms with van der Waals surface area (Å²) < 4.78 is 27.4. The molecule has 0 heterocycles. The number of nitrogens with one attached hydrogen (secondary N) is 1. The summed E-state index contributed by atoms with van der Waals surface area (Å²) in [6, 6.07) is 20.1. The maximum Gasteiger partial charge on any atom is 0.244 e. The minimum atomic E-state index is -3.85. The summed E-state index contributed by atoms with van der Waals surface area (Å²) in [6.07, 6.45) is 2.96. The molecule has 0 aromatic heterocycles. The number of carbonyl (C=O) groups excluding carboxylic acids is 2. The first-order chi connectivity index (χ1) is 19.0. The van der Waals surface area contributed by atoms with Gasteiger partial charge in [-0.25, -0.2) is 8.42 Å². The molecule has 1 N–H and O–H groups in total. The first-order valence-corrected chi connectivity index (χ1v) is 16.2. The topological polar surface area (TPSA) is 86.8 Å². The summed E-state index contributed by atoms with van der Waals surface area (Å²) in [5.41, 5.74) is 1.83. The molecule has 0 unspecified atom stereocenters. The number of anilines is 1. The van der Waals surface area contributed by atoms with Crippen LogP contribution in [0.5, 0.6) is 0 Å². The quantitative estimate of drug-likeness (QED) is 0.224. The lowest BCUT2D eigenvalue weighted by atomic mass is 10.0. The van der Waals surface area contributed by atoms with Crippen molar-refractivity contribution >= 4 is 66.7 Å². The van der Waals surface area contributed by atoms with Crippen LogP contribution in [0.3, 0.4) is 0 Å². The number of benzene rings is 3. The van der Waals surface area contributed by atoms with Gasteiger partial charge in [-0.05, 0) is 47.9 Å². The highest BCUT2D eigenvalue weighted by Gasteiger charge is 2.33. The minimum absolute atomic E-state index is 0.0184. The van der Waals surface area contributed by atoms with E-state index in [9.17, 15) is 18.0 Å². The first kappa shape index (κ1) is 31.9. The Morgan fingerprint density at radius 3 is 2.30 bits per heavy atom. The normalized spacial score (nSPS) is 12.0. The van der Waals surface area contributed by atoms with Gasteiger partial charge in [0.15, 0.2) is 0 Å². The van der Waals surface area contributed by atoms with Crippen molar-refractivity contribution in [2.45, 2.75) is 38.8 Å². The maximum absolute atomic E-state index is 14.0. The number of hydrogen-bond acceptors (Lipinski definition) is 4. The van der Waals surface area contributed by atoms with E-state index in [0.717, 1.165) is 29.0 Å². The second-order valence-corrected chi connectivity index (χ2v) is 13.0. The highest BCUT2D eigenvalue weighted by Crippen LogP contribution is 2.26. The van der Waals surface area contributed by atoms with Crippen molar-refractivity contribution in [1.82, 2.24) is 10.2 Å². The van der Waals surface area contributed by atoms with E-state index < -0.39 is 28.5 Å². The molecule has 0 fully saturated rings. The molecule has 0 radical (unpaired) electrons. The Bertz CT molecular complexity index is 1420. The summed E-state index contributed by atoms with van der Waals surface area (Å²) in [5, 5.41) is 3.62. The fraction of sp³-hybridized carbons (Fsp3) is 0.310. The second-order valence-electron chi connectivity index (χ2n) is 9.37. The average Bonchev–Trinajstić information content (AvgIpc) is 2.91. The fourth-order valence-corrected chi connectivity index (χ4v) is 5.69. The van der Waals surface area contributed by atoms with Crippen LogP contribution < -0.4 is 9.62 Å².